The molecule has 0 radical (unpaired) electrons. The Bertz CT molecular complexity index is 519. The molecule has 0 spiro atoms. The van der Waals surface area contributed by atoms with Gasteiger partial charge in [0.25, 0.3) is 0 Å². The number of halogens is 3. The van der Waals surface area contributed by atoms with Crippen LogP contribution in [0.1, 0.15) is 5.56 Å². The van der Waals surface area contributed by atoms with Crippen LogP contribution in [0.2, 0.25) is 5.15 Å². The van der Waals surface area contributed by atoms with Crippen LogP contribution in [0.4, 0.5) is 10.2 Å². The lowest BCUT2D eigenvalue weighted by Crippen LogP contribution is -2.03. The zero-order valence-corrected chi connectivity index (χ0v) is 11.0. The summed E-state index contributed by atoms with van der Waals surface area (Å²) in [5, 5.41) is 10.9. The highest BCUT2D eigenvalue weighted by molar-refractivity contribution is 9.10. The second-order valence-corrected chi connectivity index (χ2v) is 4.57. The van der Waals surface area contributed by atoms with Crippen molar-refractivity contribution in [3.05, 3.63) is 51.3 Å². The molecule has 0 aliphatic carbocycles. The van der Waals surface area contributed by atoms with Gasteiger partial charge in [0, 0.05) is 11.0 Å². The molecule has 0 aliphatic rings. The van der Waals surface area contributed by atoms with Crippen molar-refractivity contribution in [2.45, 2.75) is 6.54 Å². The van der Waals surface area contributed by atoms with Crippen LogP contribution < -0.4 is 5.32 Å². The molecule has 1 aromatic heterocycles. The summed E-state index contributed by atoms with van der Waals surface area (Å²) in [6, 6.07) is 7.87. The minimum atomic E-state index is -0.271. The van der Waals surface area contributed by atoms with Gasteiger partial charge in [-0.15, -0.1) is 10.2 Å². The summed E-state index contributed by atoms with van der Waals surface area (Å²) in [6.45, 7) is 0.453. The molecule has 0 bridgehead atoms. The van der Waals surface area contributed by atoms with E-state index in [0.29, 0.717) is 17.5 Å². The number of rotatable bonds is 3. The maximum Gasteiger partial charge on any atom is 0.151 e. The largest absolute Gasteiger partial charge is 0.364 e. The summed E-state index contributed by atoms with van der Waals surface area (Å²) in [5.41, 5.74) is 0.807. The van der Waals surface area contributed by atoms with Crippen molar-refractivity contribution in [2.24, 2.45) is 0 Å². The van der Waals surface area contributed by atoms with Crippen molar-refractivity contribution in [3.8, 4) is 0 Å². The number of hydrogen-bond acceptors (Lipinski definition) is 3. The smallest absolute Gasteiger partial charge is 0.151 e. The Morgan fingerprint density at radius 2 is 2.06 bits per heavy atom. The molecule has 1 heterocycles. The van der Waals surface area contributed by atoms with E-state index in [0.717, 1.165) is 10.0 Å². The molecule has 88 valence electrons. The Kier molecular flexibility index (Phi) is 3.91. The first-order valence-corrected chi connectivity index (χ1v) is 5.99. The van der Waals surface area contributed by atoms with Gasteiger partial charge in [-0.3, -0.25) is 0 Å². The van der Waals surface area contributed by atoms with Crippen molar-refractivity contribution >= 4 is 33.3 Å². The highest BCUT2D eigenvalue weighted by Gasteiger charge is 2.02. The predicted octanol–water partition coefficient (Wildman–Crippen LogP) is 3.64. The first-order chi connectivity index (χ1) is 8.15. The number of benzene rings is 1. The van der Waals surface area contributed by atoms with Gasteiger partial charge in [-0.05, 0) is 35.9 Å². The van der Waals surface area contributed by atoms with Crippen molar-refractivity contribution in [1.29, 1.82) is 0 Å². The molecule has 1 aromatic carbocycles. The zero-order chi connectivity index (χ0) is 12.3. The Balaban J connectivity index is 2.07. The van der Waals surface area contributed by atoms with Crippen molar-refractivity contribution in [1.82, 2.24) is 10.2 Å². The topological polar surface area (TPSA) is 37.8 Å². The highest BCUT2D eigenvalue weighted by atomic mass is 79.9. The second-order valence-electron chi connectivity index (χ2n) is 3.33. The van der Waals surface area contributed by atoms with E-state index in [1.54, 1.807) is 18.2 Å². The van der Waals surface area contributed by atoms with Crippen LogP contribution in [0.5, 0.6) is 0 Å². The number of aromatic nitrogens is 2. The fourth-order valence-corrected chi connectivity index (χ4v) is 1.76. The molecule has 0 saturated heterocycles. The molecule has 17 heavy (non-hydrogen) atoms. The molecule has 0 saturated carbocycles. The minimum Gasteiger partial charge on any atom is -0.364 e. The summed E-state index contributed by atoms with van der Waals surface area (Å²) < 4.78 is 13.9. The molecule has 0 amide bonds. The lowest BCUT2D eigenvalue weighted by Gasteiger charge is -2.07. The van der Waals surface area contributed by atoms with Gasteiger partial charge >= 0.3 is 0 Å². The minimum absolute atomic E-state index is 0.271. The van der Waals surface area contributed by atoms with Gasteiger partial charge in [0.05, 0.1) is 0 Å². The maximum absolute atomic E-state index is 13.0. The van der Waals surface area contributed by atoms with Gasteiger partial charge in [-0.2, -0.15) is 0 Å². The summed E-state index contributed by atoms with van der Waals surface area (Å²) >= 11 is 8.97. The lowest BCUT2D eigenvalue weighted by molar-refractivity contribution is 0.625. The van der Waals surface area contributed by atoms with Gasteiger partial charge in [-0.1, -0.05) is 27.5 Å². The van der Waals surface area contributed by atoms with Crippen molar-refractivity contribution in [3.63, 3.8) is 0 Å². The Labute approximate surface area is 111 Å². The van der Waals surface area contributed by atoms with Crippen molar-refractivity contribution < 1.29 is 4.39 Å². The fraction of sp³-hybridized carbons (Fsp3) is 0.0909. The molecule has 2 rings (SSSR count). The molecule has 2 aromatic rings. The van der Waals surface area contributed by atoms with Gasteiger partial charge in [0.2, 0.25) is 0 Å². The normalized spacial score (nSPS) is 10.3. The zero-order valence-electron chi connectivity index (χ0n) is 8.62. The quantitative estimate of drug-likeness (QED) is 0.939. The average molecular weight is 317 g/mol. The van der Waals surface area contributed by atoms with Gasteiger partial charge < -0.3 is 5.32 Å². The van der Waals surface area contributed by atoms with Crippen LogP contribution in [0.25, 0.3) is 0 Å². The highest BCUT2D eigenvalue weighted by Crippen LogP contribution is 2.19. The average Bonchev–Trinajstić information content (AvgIpc) is 2.32. The molecule has 0 aliphatic heterocycles. The van der Waals surface area contributed by atoms with E-state index in [1.165, 1.54) is 12.1 Å². The third kappa shape index (κ3) is 3.38. The lowest BCUT2D eigenvalue weighted by atomic mass is 10.2. The third-order valence-electron chi connectivity index (χ3n) is 2.10. The fourth-order valence-electron chi connectivity index (χ4n) is 1.27. The van der Waals surface area contributed by atoms with Crippen LogP contribution in [0.15, 0.2) is 34.8 Å². The van der Waals surface area contributed by atoms with Gasteiger partial charge in [-0.25, -0.2) is 4.39 Å². The van der Waals surface area contributed by atoms with Gasteiger partial charge in [0.1, 0.15) is 11.6 Å². The SMILES string of the molecule is Fc1ccc(Br)c(CNc2ccc(Cl)nn2)c1. The molecule has 3 nitrogen and oxygen atoms in total. The van der Waals surface area contributed by atoms with E-state index in [9.17, 15) is 4.39 Å². The first-order valence-electron chi connectivity index (χ1n) is 4.82. The van der Waals surface area contributed by atoms with Crippen LogP contribution in [-0.2, 0) is 6.54 Å². The monoisotopic (exact) mass is 315 g/mol. The molecule has 0 unspecified atom stereocenters. The second kappa shape index (κ2) is 5.42. The summed E-state index contributed by atoms with van der Waals surface area (Å²) in [7, 11) is 0. The summed E-state index contributed by atoms with van der Waals surface area (Å²) in [6.07, 6.45) is 0. The standard InChI is InChI=1S/C11H8BrClFN3/c12-9-2-1-8(14)5-7(9)6-15-11-4-3-10(13)16-17-11/h1-5H,6H2,(H,15,17). The van der Waals surface area contributed by atoms with Crippen LogP contribution in [0, 0.1) is 5.82 Å². The number of nitrogens with one attached hydrogen (secondary N) is 1. The number of nitrogens with zero attached hydrogens (tertiary/aromatic N) is 2. The van der Waals surface area contributed by atoms with Crippen LogP contribution in [0.3, 0.4) is 0 Å². The van der Waals surface area contributed by atoms with Crippen LogP contribution in [-0.4, -0.2) is 10.2 Å². The molecule has 1 N–H and O–H groups in total. The molecule has 0 atom stereocenters. The van der Waals surface area contributed by atoms with E-state index in [1.807, 2.05) is 0 Å². The van der Waals surface area contributed by atoms with E-state index in [2.05, 4.69) is 31.4 Å². The van der Waals surface area contributed by atoms with Crippen LogP contribution >= 0.6 is 27.5 Å². The van der Waals surface area contributed by atoms with Gasteiger partial charge in [0.15, 0.2) is 5.15 Å². The summed E-state index contributed by atoms with van der Waals surface area (Å²) in [4.78, 5) is 0. The van der Waals surface area contributed by atoms with E-state index >= 15 is 0 Å². The Morgan fingerprint density at radius 3 is 2.76 bits per heavy atom. The number of anilines is 1. The summed E-state index contributed by atoms with van der Waals surface area (Å²) in [5.74, 6) is 0.317. The Hall–Kier alpha value is -1.20. The van der Waals surface area contributed by atoms with Crippen molar-refractivity contribution in [2.75, 3.05) is 5.32 Å². The number of hydrogen-bond donors (Lipinski definition) is 1. The Morgan fingerprint density at radius 1 is 1.24 bits per heavy atom. The van der Waals surface area contributed by atoms with E-state index in [-0.39, 0.29) is 5.82 Å². The molecular weight excluding hydrogens is 308 g/mol. The molecular formula is C11H8BrClFN3. The van der Waals surface area contributed by atoms with E-state index in [4.69, 9.17) is 11.6 Å². The third-order valence-corrected chi connectivity index (χ3v) is 3.07. The molecule has 6 heteroatoms. The predicted molar refractivity (Wildman–Crippen MR) is 68.5 cm³/mol. The molecule has 0 fully saturated rings. The van der Waals surface area contributed by atoms with E-state index < -0.39 is 0 Å². The first kappa shape index (κ1) is 12.3. The maximum atomic E-state index is 13.0.